The SMILES string of the molecule is c1ccc(-c2cccc(-c3ccc(N(c4ccccc4)c4ccccc4-c4cccc5c4c4ccccc4n5-c4ccccc4)cc3)c2)cc1. The molecule has 0 aliphatic carbocycles. The Morgan fingerprint density at radius 3 is 1.62 bits per heavy atom. The number of aromatic nitrogens is 1. The highest BCUT2D eigenvalue weighted by atomic mass is 15.1. The standard InChI is InChI=1S/C48H34N2/c1-4-16-35(17-5-1)37-18-14-19-38(34-37)36-30-32-41(33-31-36)49(39-20-6-2-7-21-39)45-27-12-10-24-42(45)43-26-15-29-47-48(43)44-25-11-13-28-46(44)50(47)40-22-8-3-9-23-40/h1-34H. The van der Waals surface area contributed by atoms with E-state index in [-0.39, 0.29) is 0 Å². The second-order valence-electron chi connectivity index (χ2n) is 12.6. The van der Waals surface area contributed by atoms with Crippen molar-refractivity contribution in [3.63, 3.8) is 0 Å². The third-order valence-electron chi connectivity index (χ3n) is 9.59. The van der Waals surface area contributed by atoms with Crippen LogP contribution in [-0.4, -0.2) is 4.57 Å². The van der Waals surface area contributed by atoms with Gasteiger partial charge in [0.1, 0.15) is 0 Å². The van der Waals surface area contributed by atoms with Crippen LogP contribution in [0.3, 0.4) is 0 Å². The Labute approximate surface area is 292 Å². The highest BCUT2D eigenvalue weighted by molar-refractivity contribution is 6.17. The highest BCUT2D eigenvalue weighted by Crippen LogP contribution is 2.45. The van der Waals surface area contributed by atoms with Gasteiger partial charge in [0.05, 0.1) is 16.7 Å². The zero-order chi connectivity index (χ0) is 33.3. The maximum atomic E-state index is 2.39. The third kappa shape index (κ3) is 5.24. The first-order chi connectivity index (χ1) is 24.8. The molecule has 0 saturated heterocycles. The van der Waals surface area contributed by atoms with E-state index in [0.717, 1.165) is 22.7 Å². The molecule has 1 heterocycles. The quantitative estimate of drug-likeness (QED) is 0.169. The van der Waals surface area contributed by atoms with Crippen LogP contribution in [0.2, 0.25) is 0 Å². The Balaban J connectivity index is 1.20. The summed E-state index contributed by atoms with van der Waals surface area (Å²) in [5.74, 6) is 0. The Kier molecular flexibility index (Phi) is 7.53. The van der Waals surface area contributed by atoms with E-state index in [2.05, 4.69) is 216 Å². The number of hydrogen-bond donors (Lipinski definition) is 0. The number of nitrogens with zero attached hydrogens (tertiary/aromatic N) is 2. The molecule has 8 aromatic carbocycles. The van der Waals surface area contributed by atoms with Crippen molar-refractivity contribution < 1.29 is 0 Å². The maximum absolute atomic E-state index is 2.39. The van der Waals surface area contributed by atoms with E-state index < -0.39 is 0 Å². The molecule has 0 atom stereocenters. The molecule has 0 bridgehead atoms. The van der Waals surface area contributed by atoms with E-state index in [1.807, 2.05) is 0 Å². The Morgan fingerprint density at radius 2 is 0.860 bits per heavy atom. The Morgan fingerprint density at radius 1 is 0.340 bits per heavy atom. The predicted octanol–water partition coefficient (Wildman–Crippen LogP) is 13.3. The van der Waals surface area contributed by atoms with Gasteiger partial charge in [0.2, 0.25) is 0 Å². The molecule has 0 amide bonds. The number of anilines is 3. The minimum Gasteiger partial charge on any atom is -0.310 e. The molecule has 0 spiro atoms. The van der Waals surface area contributed by atoms with Gasteiger partial charge in [0.25, 0.3) is 0 Å². The first-order valence-corrected chi connectivity index (χ1v) is 17.1. The van der Waals surface area contributed by atoms with Crippen molar-refractivity contribution in [1.82, 2.24) is 4.57 Å². The van der Waals surface area contributed by atoms with Gasteiger partial charge in [-0.1, -0.05) is 146 Å². The first kappa shape index (κ1) is 29.5. The molecular weight excluding hydrogens is 605 g/mol. The molecule has 0 aliphatic rings. The lowest BCUT2D eigenvalue weighted by molar-refractivity contribution is 1.18. The van der Waals surface area contributed by atoms with Gasteiger partial charge in [0.15, 0.2) is 0 Å². The summed E-state index contributed by atoms with van der Waals surface area (Å²) in [4.78, 5) is 2.38. The van der Waals surface area contributed by atoms with Gasteiger partial charge < -0.3 is 9.47 Å². The van der Waals surface area contributed by atoms with Gasteiger partial charge in [-0.3, -0.25) is 0 Å². The van der Waals surface area contributed by atoms with Crippen LogP contribution in [0.15, 0.2) is 206 Å². The molecule has 2 heteroatoms. The predicted molar refractivity (Wildman–Crippen MR) is 212 cm³/mol. The van der Waals surface area contributed by atoms with E-state index in [9.17, 15) is 0 Å². The molecule has 50 heavy (non-hydrogen) atoms. The molecule has 0 fully saturated rings. The fourth-order valence-electron chi connectivity index (χ4n) is 7.31. The second kappa shape index (κ2) is 12.8. The summed E-state index contributed by atoms with van der Waals surface area (Å²) < 4.78 is 2.39. The van der Waals surface area contributed by atoms with Crippen molar-refractivity contribution in [2.75, 3.05) is 4.90 Å². The van der Waals surface area contributed by atoms with Crippen LogP contribution in [-0.2, 0) is 0 Å². The van der Waals surface area contributed by atoms with Crippen LogP contribution in [0, 0.1) is 0 Å². The highest BCUT2D eigenvalue weighted by Gasteiger charge is 2.21. The average molecular weight is 639 g/mol. The number of benzene rings is 8. The summed E-state index contributed by atoms with van der Waals surface area (Å²) in [7, 11) is 0. The zero-order valence-electron chi connectivity index (χ0n) is 27.5. The van der Waals surface area contributed by atoms with Crippen LogP contribution in [0.4, 0.5) is 17.1 Å². The zero-order valence-corrected chi connectivity index (χ0v) is 27.5. The van der Waals surface area contributed by atoms with Gasteiger partial charge in [-0.15, -0.1) is 0 Å². The maximum Gasteiger partial charge on any atom is 0.0547 e. The molecule has 0 aliphatic heterocycles. The van der Waals surface area contributed by atoms with Gasteiger partial charge in [-0.05, 0) is 88.5 Å². The summed E-state index contributed by atoms with van der Waals surface area (Å²) in [5.41, 5.74) is 14.1. The van der Waals surface area contributed by atoms with Crippen molar-refractivity contribution in [3.8, 4) is 39.1 Å². The van der Waals surface area contributed by atoms with E-state index in [0.29, 0.717) is 0 Å². The minimum atomic E-state index is 1.10. The van der Waals surface area contributed by atoms with Crippen LogP contribution < -0.4 is 4.90 Å². The van der Waals surface area contributed by atoms with Crippen molar-refractivity contribution in [3.05, 3.63) is 206 Å². The van der Waals surface area contributed by atoms with E-state index in [4.69, 9.17) is 0 Å². The van der Waals surface area contributed by atoms with Crippen molar-refractivity contribution in [2.45, 2.75) is 0 Å². The molecule has 2 nitrogen and oxygen atoms in total. The Bertz CT molecular complexity index is 2570. The number of hydrogen-bond acceptors (Lipinski definition) is 1. The first-order valence-electron chi connectivity index (χ1n) is 17.1. The third-order valence-corrected chi connectivity index (χ3v) is 9.59. The molecule has 0 unspecified atom stereocenters. The molecule has 9 rings (SSSR count). The van der Waals surface area contributed by atoms with Gasteiger partial charge >= 0.3 is 0 Å². The topological polar surface area (TPSA) is 8.17 Å². The molecule has 0 saturated carbocycles. The Hall–Kier alpha value is -6.64. The summed E-state index contributed by atoms with van der Waals surface area (Å²) in [5, 5.41) is 2.49. The summed E-state index contributed by atoms with van der Waals surface area (Å²) in [6.07, 6.45) is 0. The van der Waals surface area contributed by atoms with E-state index >= 15 is 0 Å². The number of para-hydroxylation sites is 4. The molecule has 9 aromatic rings. The second-order valence-corrected chi connectivity index (χ2v) is 12.6. The lowest BCUT2D eigenvalue weighted by Crippen LogP contribution is -2.11. The smallest absolute Gasteiger partial charge is 0.0547 e. The lowest BCUT2D eigenvalue weighted by Gasteiger charge is -2.28. The van der Waals surface area contributed by atoms with Crippen molar-refractivity contribution >= 4 is 38.9 Å². The van der Waals surface area contributed by atoms with Crippen LogP contribution in [0.5, 0.6) is 0 Å². The van der Waals surface area contributed by atoms with Gasteiger partial charge in [-0.2, -0.15) is 0 Å². The van der Waals surface area contributed by atoms with Crippen molar-refractivity contribution in [2.24, 2.45) is 0 Å². The summed E-state index contributed by atoms with van der Waals surface area (Å²) >= 11 is 0. The average Bonchev–Trinajstić information content (AvgIpc) is 3.54. The largest absolute Gasteiger partial charge is 0.310 e. The van der Waals surface area contributed by atoms with Crippen LogP contribution in [0.1, 0.15) is 0 Å². The molecule has 0 radical (unpaired) electrons. The van der Waals surface area contributed by atoms with Crippen LogP contribution in [0.25, 0.3) is 60.9 Å². The molecule has 0 N–H and O–H groups in total. The molecular formula is C48H34N2. The summed E-state index contributed by atoms with van der Waals surface area (Å²) in [6, 6.07) is 74.0. The molecule has 1 aromatic heterocycles. The van der Waals surface area contributed by atoms with Gasteiger partial charge in [-0.25, -0.2) is 0 Å². The van der Waals surface area contributed by atoms with Crippen LogP contribution >= 0.6 is 0 Å². The normalized spacial score (nSPS) is 11.2. The minimum absolute atomic E-state index is 1.10. The van der Waals surface area contributed by atoms with E-state index in [1.54, 1.807) is 0 Å². The summed E-state index contributed by atoms with van der Waals surface area (Å²) in [6.45, 7) is 0. The van der Waals surface area contributed by atoms with E-state index in [1.165, 1.54) is 55.2 Å². The fourth-order valence-corrected chi connectivity index (χ4v) is 7.31. The van der Waals surface area contributed by atoms with Gasteiger partial charge in [0, 0.05) is 33.4 Å². The fraction of sp³-hybridized carbons (Fsp3) is 0. The number of rotatable bonds is 7. The number of fused-ring (bicyclic) bond motifs is 3. The van der Waals surface area contributed by atoms with Crippen molar-refractivity contribution in [1.29, 1.82) is 0 Å². The lowest BCUT2D eigenvalue weighted by atomic mass is 9.96. The molecule has 236 valence electrons. The monoisotopic (exact) mass is 638 g/mol.